The summed E-state index contributed by atoms with van der Waals surface area (Å²) in [5.74, 6) is -0.113. The topological polar surface area (TPSA) is 52.6 Å². The number of piperidine rings is 3. The molecule has 0 radical (unpaired) electrons. The van der Waals surface area contributed by atoms with Crippen molar-refractivity contribution in [3.63, 3.8) is 0 Å². The summed E-state index contributed by atoms with van der Waals surface area (Å²) in [6.45, 7) is 6.28. The van der Waals surface area contributed by atoms with Crippen LogP contribution in [0.2, 0.25) is 0 Å². The van der Waals surface area contributed by atoms with Gasteiger partial charge in [0.25, 0.3) is 0 Å². The number of nitrogens with one attached hydrogen (secondary N) is 1. The third kappa shape index (κ3) is 2.23. The number of nitrogens with zero attached hydrogens (tertiary/aromatic N) is 1. The Morgan fingerprint density at radius 2 is 2.19 bits per heavy atom. The second-order valence-corrected chi connectivity index (χ2v) is 5.20. The summed E-state index contributed by atoms with van der Waals surface area (Å²) in [5, 5.41) is 12.6. The maximum atomic E-state index is 11.1. The van der Waals surface area contributed by atoms with Gasteiger partial charge in [-0.1, -0.05) is 6.92 Å². The van der Waals surface area contributed by atoms with E-state index in [1.165, 1.54) is 0 Å². The lowest BCUT2D eigenvalue weighted by molar-refractivity contribution is -0.141. The molecule has 3 saturated heterocycles. The molecule has 4 heteroatoms. The van der Waals surface area contributed by atoms with E-state index in [-0.39, 0.29) is 12.0 Å². The van der Waals surface area contributed by atoms with Gasteiger partial charge in [-0.2, -0.15) is 0 Å². The van der Waals surface area contributed by atoms with Crippen molar-refractivity contribution in [2.75, 3.05) is 26.2 Å². The van der Waals surface area contributed by atoms with Crippen molar-refractivity contribution in [2.45, 2.75) is 38.1 Å². The van der Waals surface area contributed by atoms with Crippen molar-refractivity contribution in [1.82, 2.24) is 10.2 Å². The summed E-state index contributed by atoms with van der Waals surface area (Å²) >= 11 is 0. The molecule has 1 atom stereocenters. The fourth-order valence-corrected chi connectivity index (χ4v) is 3.28. The van der Waals surface area contributed by atoms with E-state index in [0.717, 1.165) is 45.4 Å². The summed E-state index contributed by atoms with van der Waals surface area (Å²) in [6.07, 6.45) is 3.65. The minimum atomic E-state index is -0.669. The van der Waals surface area contributed by atoms with E-state index in [1.807, 2.05) is 0 Å². The summed E-state index contributed by atoms with van der Waals surface area (Å²) < 4.78 is 0. The lowest BCUT2D eigenvalue weighted by atomic mass is 9.71. The van der Waals surface area contributed by atoms with E-state index in [9.17, 15) is 4.79 Å². The highest BCUT2D eigenvalue weighted by molar-refractivity contribution is 5.68. The number of carboxylic acid groups (broad SMARTS) is 1. The number of aliphatic carboxylic acids is 1. The predicted molar refractivity (Wildman–Crippen MR) is 62.4 cm³/mol. The first-order chi connectivity index (χ1) is 7.66. The van der Waals surface area contributed by atoms with Crippen molar-refractivity contribution in [1.29, 1.82) is 0 Å². The van der Waals surface area contributed by atoms with Crippen molar-refractivity contribution in [3.05, 3.63) is 0 Å². The van der Waals surface area contributed by atoms with Gasteiger partial charge in [0.2, 0.25) is 0 Å². The molecule has 0 aromatic rings. The molecule has 0 aromatic carbocycles. The van der Waals surface area contributed by atoms with Crippen molar-refractivity contribution in [2.24, 2.45) is 5.92 Å². The zero-order valence-electron chi connectivity index (χ0n) is 10.0. The Balaban J connectivity index is 2.10. The van der Waals surface area contributed by atoms with E-state index in [2.05, 4.69) is 17.1 Å². The Morgan fingerprint density at radius 3 is 2.62 bits per heavy atom. The third-order valence-electron chi connectivity index (χ3n) is 4.07. The van der Waals surface area contributed by atoms with Gasteiger partial charge in [0.05, 0.1) is 6.42 Å². The SMILES string of the molecule is CCCNC1(CC(=O)O)CN2CCC1CC2. The Labute approximate surface area is 97.0 Å². The average Bonchev–Trinajstić information content (AvgIpc) is 2.27. The fourth-order valence-electron chi connectivity index (χ4n) is 3.28. The molecule has 92 valence electrons. The van der Waals surface area contributed by atoms with Crippen LogP contribution >= 0.6 is 0 Å². The first kappa shape index (κ1) is 11.9. The van der Waals surface area contributed by atoms with Crippen LogP contribution < -0.4 is 5.32 Å². The van der Waals surface area contributed by atoms with Gasteiger partial charge in [-0.3, -0.25) is 4.79 Å². The standard InChI is InChI=1S/C12H22N2O2/c1-2-5-13-12(8-11(15)16)9-14-6-3-10(12)4-7-14/h10,13H,2-9H2,1H3,(H,15,16). The molecule has 3 rings (SSSR count). The van der Waals surface area contributed by atoms with E-state index in [0.29, 0.717) is 5.92 Å². The number of hydrogen-bond donors (Lipinski definition) is 2. The van der Waals surface area contributed by atoms with Gasteiger partial charge in [0.15, 0.2) is 0 Å². The summed E-state index contributed by atoms with van der Waals surface area (Å²) in [4.78, 5) is 13.5. The zero-order chi connectivity index (χ0) is 11.6. The lowest BCUT2D eigenvalue weighted by Crippen LogP contribution is -2.66. The van der Waals surface area contributed by atoms with Crippen LogP contribution in [0.1, 0.15) is 32.6 Å². The molecule has 3 aliphatic rings. The molecule has 0 amide bonds. The maximum absolute atomic E-state index is 11.1. The van der Waals surface area contributed by atoms with Crippen LogP contribution in [0.15, 0.2) is 0 Å². The van der Waals surface area contributed by atoms with Gasteiger partial charge < -0.3 is 15.3 Å². The van der Waals surface area contributed by atoms with Crippen LogP contribution in [0.3, 0.4) is 0 Å². The van der Waals surface area contributed by atoms with Crippen molar-refractivity contribution in [3.8, 4) is 0 Å². The highest BCUT2D eigenvalue weighted by Crippen LogP contribution is 2.37. The first-order valence-corrected chi connectivity index (χ1v) is 6.35. The predicted octanol–water partition coefficient (Wildman–Crippen LogP) is 0.925. The molecule has 2 bridgehead atoms. The monoisotopic (exact) mass is 226 g/mol. The maximum Gasteiger partial charge on any atom is 0.305 e. The van der Waals surface area contributed by atoms with Gasteiger partial charge in [0, 0.05) is 12.1 Å². The van der Waals surface area contributed by atoms with Gasteiger partial charge in [-0.15, -0.1) is 0 Å². The number of carboxylic acids is 1. The molecule has 3 aliphatic heterocycles. The van der Waals surface area contributed by atoms with E-state index < -0.39 is 5.97 Å². The van der Waals surface area contributed by atoms with E-state index >= 15 is 0 Å². The molecular weight excluding hydrogens is 204 g/mol. The normalized spacial score (nSPS) is 37.6. The number of fused-ring (bicyclic) bond motifs is 3. The molecular formula is C12H22N2O2. The third-order valence-corrected chi connectivity index (χ3v) is 4.07. The Hall–Kier alpha value is -0.610. The van der Waals surface area contributed by atoms with Gasteiger partial charge in [-0.25, -0.2) is 0 Å². The minimum absolute atomic E-state index is 0.154. The number of carbonyl (C=O) groups is 1. The van der Waals surface area contributed by atoms with Gasteiger partial charge >= 0.3 is 5.97 Å². The van der Waals surface area contributed by atoms with Crippen molar-refractivity contribution < 1.29 is 9.90 Å². The zero-order valence-corrected chi connectivity index (χ0v) is 10.0. The largest absolute Gasteiger partial charge is 0.481 e. The smallest absolute Gasteiger partial charge is 0.305 e. The van der Waals surface area contributed by atoms with E-state index in [1.54, 1.807) is 0 Å². The van der Waals surface area contributed by atoms with Crippen molar-refractivity contribution >= 4 is 5.97 Å². The Morgan fingerprint density at radius 1 is 1.50 bits per heavy atom. The van der Waals surface area contributed by atoms with Gasteiger partial charge in [0.1, 0.15) is 0 Å². The molecule has 0 saturated carbocycles. The summed E-state index contributed by atoms with van der Waals surface area (Å²) in [7, 11) is 0. The second kappa shape index (κ2) is 4.72. The minimum Gasteiger partial charge on any atom is -0.481 e. The molecule has 0 aliphatic carbocycles. The van der Waals surface area contributed by atoms with Crippen LogP contribution in [0.25, 0.3) is 0 Å². The molecule has 1 unspecified atom stereocenters. The van der Waals surface area contributed by atoms with Crippen LogP contribution in [-0.4, -0.2) is 47.7 Å². The molecule has 3 heterocycles. The molecule has 2 N–H and O–H groups in total. The van der Waals surface area contributed by atoms with Crippen LogP contribution in [0.5, 0.6) is 0 Å². The Bertz CT molecular complexity index is 262. The highest BCUT2D eigenvalue weighted by atomic mass is 16.4. The van der Waals surface area contributed by atoms with Crippen LogP contribution in [-0.2, 0) is 4.79 Å². The van der Waals surface area contributed by atoms with E-state index in [4.69, 9.17) is 5.11 Å². The van der Waals surface area contributed by atoms with Crippen LogP contribution in [0, 0.1) is 5.92 Å². The highest BCUT2D eigenvalue weighted by Gasteiger charge is 2.47. The molecule has 3 fully saturated rings. The second-order valence-electron chi connectivity index (χ2n) is 5.20. The molecule has 16 heavy (non-hydrogen) atoms. The van der Waals surface area contributed by atoms with Crippen LogP contribution in [0.4, 0.5) is 0 Å². The molecule has 0 spiro atoms. The average molecular weight is 226 g/mol. The quantitative estimate of drug-likeness (QED) is 0.732. The summed E-state index contributed by atoms with van der Waals surface area (Å²) in [6, 6.07) is 0. The number of hydrogen-bond acceptors (Lipinski definition) is 3. The lowest BCUT2D eigenvalue weighted by Gasteiger charge is -2.53. The molecule has 4 nitrogen and oxygen atoms in total. The number of rotatable bonds is 5. The van der Waals surface area contributed by atoms with Gasteiger partial charge in [-0.05, 0) is 44.8 Å². The fraction of sp³-hybridized carbons (Fsp3) is 0.917. The Kier molecular flexibility index (Phi) is 3.50. The molecule has 0 aromatic heterocycles. The first-order valence-electron chi connectivity index (χ1n) is 6.35. The summed E-state index contributed by atoms with van der Waals surface area (Å²) in [5.41, 5.74) is -0.154.